The molecular formula is C6H13FN2. The molecule has 0 aromatic rings. The van der Waals surface area contributed by atoms with Crippen molar-refractivity contribution in [1.29, 1.82) is 0 Å². The maximum absolute atomic E-state index is 12.0. The lowest BCUT2D eigenvalue weighted by atomic mass is 10.0. The standard InChI is InChI=1S/C6H13FN2/c7-4-6-2-1-3-9(8)5-6/h6H,1-5,8H2/t6-/m1/s1. The van der Waals surface area contributed by atoms with Gasteiger partial charge in [0.25, 0.3) is 0 Å². The van der Waals surface area contributed by atoms with E-state index in [9.17, 15) is 4.39 Å². The van der Waals surface area contributed by atoms with E-state index in [0.29, 0.717) is 0 Å². The van der Waals surface area contributed by atoms with E-state index in [1.807, 2.05) is 0 Å². The SMILES string of the molecule is NN1CCC[C@H](CF)C1. The predicted molar refractivity (Wildman–Crippen MR) is 34.5 cm³/mol. The van der Waals surface area contributed by atoms with Gasteiger partial charge in [0.15, 0.2) is 0 Å². The fraction of sp³-hybridized carbons (Fsp3) is 1.00. The predicted octanol–water partition coefficient (Wildman–Crippen LogP) is 0.542. The fourth-order valence-electron chi connectivity index (χ4n) is 1.22. The van der Waals surface area contributed by atoms with Gasteiger partial charge in [-0.1, -0.05) is 0 Å². The summed E-state index contributed by atoms with van der Waals surface area (Å²) in [7, 11) is 0. The smallest absolute Gasteiger partial charge is 0.0935 e. The van der Waals surface area contributed by atoms with Gasteiger partial charge >= 0.3 is 0 Å². The second kappa shape index (κ2) is 3.13. The van der Waals surface area contributed by atoms with Crippen LogP contribution in [0.3, 0.4) is 0 Å². The Kier molecular flexibility index (Phi) is 2.42. The summed E-state index contributed by atoms with van der Waals surface area (Å²) in [5.74, 6) is 5.67. The lowest BCUT2D eigenvalue weighted by molar-refractivity contribution is 0.156. The maximum Gasteiger partial charge on any atom is 0.0935 e. The third-order valence-electron chi connectivity index (χ3n) is 1.77. The van der Waals surface area contributed by atoms with E-state index in [4.69, 9.17) is 5.84 Å². The average molecular weight is 132 g/mol. The zero-order chi connectivity index (χ0) is 6.69. The largest absolute Gasteiger partial charge is 0.269 e. The molecule has 0 aromatic carbocycles. The second-order valence-electron chi connectivity index (χ2n) is 2.66. The van der Waals surface area contributed by atoms with E-state index in [1.54, 1.807) is 5.01 Å². The van der Waals surface area contributed by atoms with Crippen molar-refractivity contribution in [3.63, 3.8) is 0 Å². The Morgan fingerprint density at radius 1 is 1.67 bits per heavy atom. The molecule has 2 nitrogen and oxygen atoms in total. The van der Waals surface area contributed by atoms with Crippen molar-refractivity contribution in [2.75, 3.05) is 19.8 Å². The number of halogens is 1. The average Bonchev–Trinajstić information content (AvgIpc) is 1.88. The molecule has 1 saturated heterocycles. The molecule has 54 valence electrons. The van der Waals surface area contributed by atoms with Crippen molar-refractivity contribution in [2.24, 2.45) is 11.8 Å². The maximum atomic E-state index is 12.0. The number of rotatable bonds is 1. The Hall–Kier alpha value is -0.150. The zero-order valence-corrected chi connectivity index (χ0v) is 5.52. The molecule has 1 atom stereocenters. The molecule has 1 rings (SSSR count). The van der Waals surface area contributed by atoms with Crippen LogP contribution in [0.5, 0.6) is 0 Å². The van der Waals surface area contributed by atoms with Gasteiger partial charge < -0.3 is 0 Å². The van der Waals surface area contributed by atoms with Crippen molar-refractivity contribution in [2.45, 2.75) is 12.8 Å². The molecule has 9 heavy (non-hydrogen) atoms. The number of hydrazine groups is 1. The third-order valence-corrected chi connectivity index (χ3v) is 1.77. The van der Waals surface area contributed by atoms with E-state index in [1.165, 1.54) is 0 Å². The van der Waals surface area contributed by atoms with Gasteiger partial charge in [0.2, 0.25) is 0 Å². The molecule has 1 aliphatic heterocycles. The molecule has 1 fully saturated rings. The molecule has 0 aliphatic carbocycles. The van der Waals surface area contributed by atoms with E-state index >= 15 is 0 Å². The summed E-state index contributed by atoms with van der Waals surface area (Å²) in [6, 6.07) is 0. The van der Waals surface area contributed by atoms with Crippen LogP contribution in [0.15, 0.2) is 0 Å². The van der Waals surface area contributed by atoms with Crippen LogP contribution < -0.4 is 5.84 Å². The Morgan fingerprint density at radius 3 is 2.89 bits per heavy atom. The first-order chi connectivity index (χ1) is 4.33. The van der Waals surface area contributed by atoms with Crippen molar-refractivity contribution >= 4 is 0 Å². The van der Waals surface area contributed by atoms with Crippen LogP contribution in [0.2, 0.25) is 0 Å². The molecule has 0 radical (unpaired) electrons. The summed E-state index contributed by atoms with van der Waals surface area (Å²) in [5, 5.41) is 1.70. The molecule has 1 aliphatic rings. The Labute approximate surface area is 54.8 Å². The molecule has 0 aromatic heterocycles. The van der Waals surface area contributed by atoms with Gasteiger partial charge in [-0.2, -0.15) is 0 Å². The number of nitrogens with zero attached hydrogens (tertiary/aromatic N) is 1. The molecular weight excluding hydrogens is 119 g/mol. The lowest BCUT2D eigenvalue weighted by Crippen LogP contribution is -2.40. The first-order valence-electron chi connectivity index (χ1n) is 3.38. The van der Waals surface area contributed by atoms with Crippen LogP contribution in [0.4, 0.5) is 4.39 Å². The van der Waals surface area contributed by atoms with Gasteiger partial charge in [0, 0.05) is 19.0 Å². The Bertz CT molecular complexity index is 87.1. The van der Waals surface area contributed by atoms with Crippen LogP contribution in [0.25, 0.3) is 0 Å². The van der Waals surface area contributed by atoms with Gasteiger partial charge in [-0.25, -0.2) is 5.01 Å². The topological polar surface area (TPSA) is 29.3 Å². The highest BCUT2D eigenvalue weighted by molar-refractivity contribution is 4.67. The monoisotopic (exact) mass is 132 g/mol. The minimum absolute atomic E-state index is 0.198. The highest BCUT2D eigenvalue weighted by Crippen LogP contribution is 2.13. The van der Waals surface area contributed by atoms with Gasteiger partial charge in [-0.05, 0) is 12.8 Å². The first kappa shape index (κ1) is 6.96. The minimum atomic E-state index is -0.215. The molecule has 0 spiro atoms. The van der Waals surface area contributed by atoms with Gasteiger partial charge in [-0.3, -0.25) is 10.2 Å². The van der Waals surface area contributed by atoms with E-state index in [0.717, 1.165) is 25.9 Å². The summed E-state index contributed by atoms with van der Waals surface area (Å²) < 4.78 is 12.0. The van der Waals surface area contributed by atoms with Crippen LogP contribution in [-0.4, -0.2) is 24.8 Å². The number of alkyl halides is 1. The second-order valence-corrected chi connectivity index (χ2v) is 2.66. The van der Waals surface area contributed by atoms with E-state index < -0.39 is 0 Å². The van der Waals surface area contributed by atoms with Crippen molar-refractivity contribution in [1.82, 2.24) is 5.01 Å². The zero-order valence-electron chi connectivity index (χ0n) is 5.52. The highest BCUT2D eigenvalue weighted by Gasteiger charge is 2.16. The van der Waals surface area contributed by atoms with Crippen molar-refractivity contribution in [3.8, 4) is 0 Å². The summed E-state index contributed by atoms with van der Waals surface area (Å²) in [4.78, 5) is 0. The van der Waals surface area contributed by atoms with Crippen LogP contribution >= 0.6 is 0 Å². The number of piperidine rings is 1. The lowest BCUT2D eigenvalue weighted by Gasteiger charge is -2.26. The minimum Gasteiger partial charge on any atom is -0.269 e. The molecule has 0 amide bonds. The normalized spacial score (nSPS) is 30.7. The molecule has 0 saturated carbocycles. The van der Waals surface area contributed by atoms with Crippen LogP contribution in [0.1, 0.15) is 12.8 Å². The summed E-state index contributed by atoms with van der Waals surface area (Å²) in [5.41, 5.74) is 0. The Balaban J connectivity index is 2.23. The summed E-state index contributed by atoms with van der Waals surface area (Å²) in [6.45, 7) is 1.45. The molecule has 2 N–H and O–H groups in total. The third kappa shape index (κ3) is 1.91. The Morgan fingerprint density at radius 2 is 2.44 bits per heavy atom. The first-order valence-corrected chi connectivity index (χ1v) is 3.38. The fourth-order valence-corrected chi connectivity index (χ4v) is 1.22. The number of nitrogens with two attached hydrogens (primary N) is 1. The van der Waals surface area contributed by atoms with E-state index in [2.05, 4.69) is 0 Å². The number of hydrogen-bond donors (Lipinski definition) is 1. The van der Waals surface area contributed by atoms with Crippen LogP contribution in [0, 0.1) is 5.92 Å². The summed E-state index contributed by atoms with van der Waals surface area (Å²) in [6.07, 6.45) is 2.05. The summed E-state index contributed by atoms with van der Waals surface area (Å²) >= 11 is 0. The quantitative estimate of drug-likeness (QED) is 0.528. The molecule has 0 unspecified atom stereocenters. The number of hydrogen-bond acceptors (Lipinski definition) is 2. The van der Waals surface area contributed by atoms with Crippen LogP contribution in [-0.2, 0) is 0 Å². The van der Waals surface area contributed by atoms with Gasteiger partial charge in [-0.15, -0.1) is 0 Å². The van der Waals surface area contributed by atoms with Gasteiger partial charge in [0.1, 0.15) is 0 Å². The molecule has 0 bridgehead atoms. The van der Waals surface area contributed by atoms with Gasteiger partial charge in [0.05, 0.1) is 6.67 Å². The van der Waals surface area contributed by atoms with Crippen molar-refractivity contribution < 1.29 is 4.39 Å². The van der Waals surface area contributed by atoms with Crippen molar-refractivity contribution in [3.05, 3.63) is 0 Å². The molecule has 3 heteroatoms. The molecule has 1 heterocycles. The van der Waals surface area contributed by atoms with E-state index in [-0.39, 0.29) is 12.6 Å². The highest BCUT2D eigenvalue weighted by atomic mass is 19.1.